The van der Waals surface area contributed by atoms with E-state index in [0.29, 0.717) is 0 Å². The average Bonchev–Trinajstić information content (AvgIpc) is 1.94. The van der Waals surface area contributed by atoms with E-state index in [1.807, 2.05) is 0 Å². The van der Waals surface area contributed by atoms with Gasteiger partial charge in [-0.2, -0.15) is 0 Å². The fourth-order valence-electron chi connectivity index (χ4n) is 0.682. The maximum absolute atomic E-state index is 5.07. The summed E-state index contributed by atoms with van der Waals surface area (Å²) in [5, 5.41) is 0. The van der Waals surface area contributed by atoms with Gasteiger partial charge in [-0.05, 0) is 12.8 Å². The van der Waals surface area contributed by atoms with Crippen molar-refractivity contribution in [1.29, 1.82) is 0 Å². The first-order valence-corrected chi connectivity index (χ1v) is 2.96. The molecule has 0 N–H and O–H groups in total. The number of rotatable bonds is 0. The zero-order valence-electron chi connectivity index (χ0n) is 4.93. The van der Waals surface area contributed by atoms with Crippen molar-refractivity contribution in [3.63, 3.8) is 0 Å². The summed E-state index contributed by atoms with van der Waals surface area (Å²) in [4.78, 5) is 0. The van der Waals surface area contributed by atoms with Crippen LogP contribution in [-0.4, -0.2) is 19.5 Å². The Balaban J connectivity index is 2.17. The van der Waals surface area contributed by atoms with Gasteiger partial charge in [-0.3, -0.25) is 0 Å². The van der Waals surface area contributed by atoms with Crippen molar-refractivity contribution in [2.75, 3.05) is 13.2 Å². The summed E-state index contributed by atoms with van der Waals surface area (Å²) in [5.74, 6) is 0. The molecule has 0 amide bonds. The highest BCUT2D eigenvalue weighted by Crippen LogP contribution is 2.03. The van der Waals surface area contributed by atoms with E-state index in [4.69, 9.17) is 9.47 Å². The highest BCUT2D eigenvalue weighted by molar-refractivity contribution is 4.50. The van der Waals surface area contributed by atoms with E-state index in [0.717, 1.165) is 26.1 Å². The highest BCUT2D eigenvalue weighted by Gasteiger charge is 2.04. The van der Waals surface area contributed by atoms with Gasteiger partial charge in [0, 0.05) is 20.1 Å². The molecule has 1 saturated heterocycles. The Hall–Kier alpha value is -0.0800. The van der Waals surface area contributed by atoms with Gasteiger partial charge in [0.05, 0.1) is 0 Å². The van der Waals surface area contributed by atoms with Crippen LogP contribution < -0.4 is 0 Å². The lowest BCUT2D eigenvalue weighted by Crippen LogP contribution is -2.10. The molecule has 0 aromatic heterocycles. The number of hydrogen-bond donors (Lipinski definition) is 0. The molecule has 1 aliphatic heterocycles. The van der Waals surface area contributed by atoms with Gasteiger partial charge in [0.25, 0.3) is 0 Å². The van der Waals surface area contributed by atoms with Crippen LogP contribution in [0.15, 0.2) is 0 Å². The maximum atomic E-state index is 5.07. The van der Waals surface area contributed by atoms with E-state index in [1.165, 1.54) is 0 Å². The minimum Gasteiger partial charge on any atom is -0.353 e. The van der Waals surface area contributed by atoms with E-state index in [9.17, 15) is 0 Å². The summed E-state index contributed by atoms with van der Waals surface area (Å²) in [6, 6.07) is 0. The molecule has 1 rings (SSSR count). The summed E-state index contributed by atoms with van der Waals surface area (Å²) < 4.78 is 10.1. The van der Waals surface area contributed by atoms with Crippen molar-refractivity contribution in [2.45, 2.75) is 19.1 Å². The fraction of sp³-hybridized carbons (Fsp3) is 0.833. The third-order valence-corrected chi connectivity index (χ3v) is 1.15. The van der Waals surface area contributed by atoms with E-state index in [-0.39, 0.29) is 6.29 Å². The molecular formula is C6H11O2. The summed E-state index contributed by atoms with van der Waals surface area (Å²) in [7, 11) is 0. The van der Waals surface area contributed by atoms with E-state index in [2.05, 4.69) is 6.92 Å². The second-order valence-electron chi connectivity index (χ2n) is 1.88. The Morgan fingerprint density at radius 3 is 2.12 bits per heavy atom. The van der Waals surface area contributed by atoms with Crippen LogP contribution in [0.3, 0.4) is 0 Å². The second-order valence-corrected chi connectivity index (χ2v) is 1.88. The van der Waals surface area contributed by atoms with Crippen LogP contribution in [0, 0.1) is 6.92 Å². The zero-order chi connectivity index (χ0) is 5.82. The Morgan fingerprint density at radius 2 is 1.62 bits per heavy atom. The van der Waals surface area contributed by atoms with Crippen LogP contribution in [0.5, 0.6) is 0 Å². The molecule has 0 atom stereocenters. The quantitative estimate of drug-likeness (QED) is 0.468. The van der Waals surface area contributed by atoms with Crippen molar-refractivity contribution in [3.8, 4) is 0 Å². The van der Waals surface area contributed by atoms with Crippen molar-refractivity contribution >= 4 is 0 Å². The normalized spacial score (nSPS) is 25.1. The van der Waals surface area contributed by atoms with Crippen LogP contribution >= 0.6 is 0 Å². The Kier molecular flexibility index (Phi) is 2.30. The molecule has 8 heavy (non-hydrogen) atoms. The van der Waals surface area contributed by atoms with Crippen molar-refractivity contribution in [2.24, 2.45) is 0 Å². The summed E-state index contributed by atoms with van der Waals surface area (Å²) >= 11 is 0. The first-order valence-electron chi connectivity index (χ1n) is 2.96. The maximum Gasteiger partial charge on any atom is 0.157 e. The zero-order valence-corrected chi connectivity index (χ0v) is 4.93. The molecule has 1 radical (unpaired) electrons. The smallest absolute Gasteiger partial charge is 0.157 e. The number of ether oxygens (including phenoxy) is 2. The lowest BCUT2D eigenvalue weighted by atomic mass is 10.3. The Bertz CT molecular complexity index is 55.5. The SMILES string of the molecule is [CH2]C1OCCCCO1. The van der Waals surface area contributed by atoms with Gasteiger partial charge in [0.1, 0.15) is 0 Å². The minimum atomic E-state index is -0.225. The van der Waals surface area contributed by atoms with Gasteiger partial charge in [-0.25, -0.2) is 0 Å². The molecule has 0 aliphatic carbocycles. The van der Waals surface area contributed by atoms with Crippen LogP contribution in [0.1, 0.15) is 12.8 Å². The molecule has 0 saturated carbocycles. The van der Waals surface area contributed by atoms with Gasteiger partial charge < -0.3 is 9.47 Å². The Morgan fingerprint density at radius 1 is 1.12 bits per heavy atom. The fourth-order valence-corrected chi connectivity index (χ4v) is 0.682. The molecule has 2 nitrogen and oxygen atoms in total. The van der Waals surface area contributed by atoms with Crippen molar-refractivity contribution in [3.05, 3.63) is 6.92 Å². The van der Waals surface area contributed by atoms with Crippen LogP contribution in [0.4, 0.5) is 0 Å². The molecule has 1 aliphatic rings. The standard InChI is InChI=1S/C6H11O2/c1-6-7-4-2-3-5-8-6/h6H,1-5H2. The van der Waals surface area contributed by atoms with Crippen molar-refractivity contribution in [1.82, 2.24) is 0 Å². The molecule has 0 bridgehead atoms. The number of hydrogen-bond acceptors (Lipinski definition) is 2. The van der Waals surface area contributed by atoms with Gasteiger partial charge >= 0.3 is 0 Å². The van der Waals surface area contributed by atoms with Gasteiger partial charge in [-0.1, -0.05) is 0 Å². The van der Waals surface area contributed by atoms with E-state index < -0.39 is 0 Å². The molecule has 0 aromatic rings. The lowest BCUT2D eigenvalue weighted by Gasteiger charge is -2.06. The third kappa shape index (κ3) is 1.80. The predicted octanol–water partition coefficient (Wildman–Crippen LogP) is 0.974. The summed E-state index contributed by atoms with van der Waals surface area (Å²) in [6.07, 6.45) is 1.98. The van der Waals surface area contributed by atoms with Gasteiger partial charge in [0.2, 0.25) is 0 Å². The third-order valence-electron chi connectivity index (χ3n) is 1.15. The average molecular weight is 115 g/mol. The van der Waals surface area contributed by atoms with Crippen LogP contribution in [-0.2, 0) is 9.47 Å². The highest BCUT2D eigenvalue weighted by atomic mass is 16.7. The van der Waals surface area contributed by atoms with Crippen LogP contribution in [0.25, 0.3) is 0 Å². The van der Waals surface area contributed by atoms with Gasteiger partial charge in [0.15, 0.2) is 6.29 Å². The van der Waals surface area contributed by atoms with E-state index >= 15 is 0 Å². The molecular weight excluding hydrogens is 104 g/mol. The molecule has 0 unspecified atom stereocenters. The molecule has 1 fully saturated rings. The van der Waals surface area contributed by atoms with Gasteiger partial charge in [-0.15, -0.1) is 0 Å². The summed E-state index contributed by atoms with van der Waals surface area (Å²) in [6.45, 7) is 5.21. The van der Waals surface area contributed by atoms with E-state index in [1.54, 1.807) is 0 Å². The molecule has 1 heterocycles. The lowest BCUT2D eigenvalue weighted by molar-refractivity contribution is -0.0945. The largest absolute Gasteiger partial charge is 0.353 e. The molecule has 0 spiro atoms. The minimum absolute atomic E-state index is 0.225. The molecule has 47 valence electrons. The molecule has 0 aromatic carbocycles. The predicted molar refractivity (Wildman–Crippen MR) is 30.3 cm³/mol. The summed E-state index contributed by atoms with van der Waals surface area (Å²) in [5.41, 5.74) is 0. The Labute approximate surface area is 49.8 Å². The van der Waals surface area contributed by atoms with Crippen molar-refractivity contribution < 1.29 is 9.47 Å². The first kappa shape index (κ1) is 6.05. The molecule has 2 heteroatoms. The first-order chi connectivity index (χ1) is 3.89. The second kappa shape index (κ2) is 3.05. The van der Waals surface area contributed by atoms with Crippen LogP contribution in [0.2, 0.25) is 0 Å². The topological polar surface area (TPSA) is 18.5 Å². The monoisotopic (exact) mass is 115 g/mol.